The van der Waals surface area contributed by atoms with E-state index >= 15 is 0 Å². The second kappa shape index (κ2) is 7.06. The lowest BCUT2D eigenvalue weighted by molar-refractivity contribution is 0.272. The summed E-state index contributed by atoms with van der Waals surface area (Å²) in [4.78, 5) is 10.6. The maximum atomic E-state index is 5.70. The number of hydrogen-bond donors (Lipinski definition) is 1. The SMILES string of the molecule is CCCc1nc(N)cc(OCCCN(C)C)n1. The monoisotopic (exact) mass is 238 g/mol. The predicted molar refractivity (Wildman–Crippen MR) is 69.1 cm³/mol. The van der Waals surface area contributed by atoms with Crippen LogP contribution in [0.25, 0.3) is 0 Å². The minimum Gasteiger partial charge on any atom is -0.477 e. The fourth-order valence-electron chi connectivity index (χ4n) is 1.46. The molecule has 0 bridgehead atoms. The van der Waals surface area contributed by atoms with Crippen molar-refractivity contribution in [2.45, 2.75) is 26.2 Å². The Morgan fingerprint density at radius 3 is 2.76 bits per heavy atom. The fraction of sp³-hybridized carbons (Fsp3) is 0.667. The summed E-state index contributed by atoms with van der Waals surface area (Å²) in [5.41, 5.74) is 5.70. The summed E-state index contributed by atoms with van der Waals surface area (Å²) in [5, 5.41) is 0. The lowest BCUT2D eigenvalue weighted by Crippen LogP contribution is -2.16. The molecule has 0 aliphatic carbocycles. The summed E-state index contributed by atoms with van der Waals surface area (Å²) >= 11 is 0. The minimum absolute atomic E-state index is 0.478. The first-order valence-corrected chi connectivity index (χ1v) is 6.02. The Kier molecular flexibility index (Phi) is 5.69. The van der Waals surface area contributed by atoms with Gasteiger partial charge in [-0.25, -0.2) is 4.98 Å². The van der Waals surface area contributed by atoms with Crippen LogP contribution in [0, 0.1) is 0 Å². The highest BCUT2D eigenvalue weighted by molar-refractivity contribution is 5.32. The van der Waals surface area contributed by atoms with Gasteiger partial charge in [0.15, 0.2) is 0 Å². The van der Waals surface area contributed by atoms with Gasteiger partial charge in [-0.3, -0.25) is 0 Å². The van der Waals surface area contributed by atoms with E-state index in [4.69, 9.17) is 10.5 Å². The van der Waals surface area contributed by atoms with Crippen LogP contribution in [-0.2, 0) is 6.42 Å². The van der Waals surface area contributed by atoms with Crippen LogP contribution in [0.4, 0.5) is 5.82 Å². The normalized spacial score (nSPS) is 10.8. The average molecular weight is 238 g/mol. The molecular weight excluding hydrogens is 216 g/mol. The molecule has 0 aromatic carbocycles. The third-order valence-corrected chi connectivity index (χ3v) is 2.24. The number of nitrogens with two attached hydrogens (primary N) is 1. The lowest BCUT2D eigenvalue weighted by Gasteiger charge is -2.10. The maximum absolute atomic E-state index is 5.70. The molecule has 17 heavy (non-hydrogen) atoms. The number of nitrogens with zero attached hydrogens (tertiary/aromatic N) is 3. The van der Waals surface area contributed by atoms with Gasteiger partial charge in [-0.1, -0.05) is 6.92 Å². The van der Waals surface area contributed by atoms with Gasteiger partial charge < -0.3 is 15.4 Å². The molecule has 0 fully saturated rings. The van der Waals surface area contributed by atoms with Crippen LogP contribution < -0.4 is 10.5 Å². The number of ether oxygens (including phenoxy) is 1. The van der Waals surface area contributed by atoms with Crippen molar-refractivity contribution in [2.75, 3.05) is 33.0 Å². The molecule has 0 amide bonds. The third-order valence-electron chi connectivity index (χ3n) is 2.24. The molecule has 1 rings (SSSR count). The van der Waals surface area contributed by atoms with E-state index in [2.05, 4.69) is 21.8 Å². The van der Waals surface area contributed by atoms with E-state index in [9.17, 15) is 0 Å². The Labute approximate surface area is 103 Å². The molecular formula is C12H22N4O. The van der Waals surface area contributed by atoms with Crippen molar-refractivity contribution in [3.8, 4) is 5.88 Å². The molecule has 1 aromatic heterocycles. The summed E-state index contributed by atoms with van der Waals surface area (Å²) in [6.07, 6.45) is 2.81. The summed E-state index contributed by atoms with van der Waals surface area (Å²) in [5.74, 6) is 1.82. The molecule has 0 saturated heterocycles. The zero-order valence-corrected chi connectivity index (χ0v) is 10.9. The zero-order chi connectivity index (χ0) is 12.7. The predicted octanol–water partition coefficient (Wildman–Crippen LogP) is 1.34. The van der Waals surface area contributed by atoms with Crippen molar-refractivity contribution in [3.63, 3.8) is 0 Å². The molecule has 1 heterocycles. The van der Waals surface area contributed by atoms with Crippen molar-refractivity contribution in [1.82, 2.24) is 14.9 Å². The molecule has 5 nitrogen and oxygen atoms in total. The van der Waals surface area contributed by atoms with Crippen LogP contribution in [0.5, 0.6) is 5.88 Å². The van der Waals surface area contributed by atoms with Gasteiger partial charge in [-0.05, 0) is 26.9 Å². The molecule has 2 N–H and O–H groups in total. The first kappa shape index (κ1) is 13.7. The Morgan fingerprint density at radius 1 is 1.35 bits per heavy atom. The molecule has 0 spiro atoms. The fourth-order valence-corrected chi connectivity index (χ4v) is 1.46. The zero-order valence-electron chi connectivity index (χ0n) is 10.9. The molecule has 0 saturated carbocycles. The van der Waals surface area contributed by atoms with Crippen molar-refractivity contribution >= 4 is 5.82 Å². The largest absolute Gasteiger partial charge is 0.477 e. The van der Waals surface area contributed by atoms with Crippen LogP contribution in [-0.4, -0.2) is 42.1 Å². The van der Waals surface area contributed by atoms with Crippen LogP contribution in [0.3, 0.4) is 0 Å². The Balaban J connectivity index is 2.46. The highest BCUT2D eigenvalue weighted by Gasteiger charge is 2.03. The van der Waals surface area contributed by atoms with E-state index in [0.29, 0.717) is 18.3 Å². The number of hydrogen-bond acceptors (Lipinski definition) is 5. The first-order chi connectivity index (χ1) is 8.11. The van der Waals surface area contributed by atoms with Gasteiger partial charge in [0.05, 0.1) is 6.61 Å². The molecule has 0 atom stereocenters. The summed E-state index contributed by atoms with van der Waals surface area (Å²) < 4.78 is 5.57. The maximum Gasteiger partial charge on any atom is 0.218 e. The molecule has 0 unspecified atom stereocenters. The lowest BCUT2D eigenvalue weighted by atomic mass is 10.3. The van der Waals surface area contributed by atoms with E-state index < -0.39 is 0 Å². The Bertz CT molecular complexity index is 341. The van der Waals surface area contributed by atoms with Crippen LogP contribution in [0.1, 0.15) is 25.6 Å². The van der Waals surface area contributed by atoms with E-state index in [-0.39, 0.29) is 0 Å². The summed E-state index contributed by atoms with van der Waals surface area (Å²) in [6.45, 7) is 3.74. The molecule has 0 aliphatic rings. The first-order valence-electron chi connectivity index (χ1n) is 6.02. The second-order valence-electron chi connectivity index (χ2n) is 4.30. The number of aryl methyl sites for hydroxylation is 1. The molecule has 96 valence electrons. The van der Waals surface area contributed by atoms with Gasteiger partial charge in [0, 0.05) is 19.0 Å². The number of anilines is 1. The molecule has 0 radical (unpaired) electrons. The number of aromatic nitrogens is 2. The van der Waals surface area contributed by atoms with Crippen molar-refractivity contribution < 1.29 is 4.74 Å². The van der Waals surface area contributed by atoms with Gasteiger partial charge in [0.2, 0.25) is 5.88 Å². The standard InChI is InChI=1S/C12H22N4O/c1-4-6-11-14-10(13)9-12(15-11)17-8-5-7-16(2)3/h9H,4-8H2,1-3H3,(H2,13,14,15). The Morgan fingerprint density at radius 2 is 2.12 bits per heavy atom. The van der Waals surface area contributed by atoms with Crippen LogP contribution >= 0.6 is 0 Å². The quantitative estimate of drug-likeness (QED) is 0.726. The van der Waals surface area contributed by atoms with E-state index in [0.717, 1.165) is 31.6 Å². The molecule has 5 heteroatoms. The van der Waals surface area contributed by atoms with Crippen LogP contribution in [0.2, 0.25) is 0 Å². The van der Waals surface area contributed by atoms with Crippen molar-refractivity contribution in [2.24, 2.45) is 0 Å². The van der Waals surface area contributed by atoms with E-state index in [1.807, 2.05) is 14.1 Å². The summed E-state index contributed by atoms with van der Waals surface area (Å²) in [7, 11) is 4.09. The third kappa shape index (κ3) is 5.49. The van der Waals surface area contributed by atoms with Gasteiger partial charge in [0.1, 0.15) is 11.6 Å². The average Bonchev–Trinajstić information content (AvgIpc) is 2.24. The number of rotatable bonds is 7. The van der Waals surface area contributed by atoms with Gasteiger partial charge >= 0.3 is 0 Å². The summed E-state index contributed by atoms with van der Waals surface area (Å²) in [6, 6.07) is 1.68. The van der Waals surface area contributed by atoms with E-state index in [1.54, 1.807) is 6.07 Å². The molecule has 1 aromatic rings. The topological polar surface area (TPSA) is 64.3 Å². The Hall–Kier alpha value is -1.36. The number of nitrogen functional groups attached to an aromatic ring is 1. The highest BCUT2D eigenvalue weighted by atomic mass is 16.5. The van der Waals surface area contributed by atoms with Gasteiger partial charge in [-0.2, -0.15) is 4.98 Å². The van der Waals surface area contributed by atoms with Crippen LogP contribution in [0.15, 0.2) is 6.07 Å². The molecule has 0 aliphatic heterocycles. The smallest absolute Gasteiger partial charge is 0.218 e. The second-order valence-corrected chi connectivity index (χ2v) is 4.30. The van der Waals surface area contributed by atoms with Crippen molar-refractivity contribution in [3.05, 3.63) is 11.9 Å². The van der Waals surface area contributed by atoms with Gasteiger partial charge in [-0.15, -0.1) is 0 Å². The van der Waals surface area contributed by atoms with E-state index in [1.165, 1.54) is 0 Å². The van der Waals surface area contributed by atoms with Gasteiger partial charge in [0.25, 0.3) is 0 Å². The highest BCUT2D eigenvalue weighted by Crippen LogP contribution is 2.12. The van der Waals surface area contributed by atoms with Crippen molar-refractivity contribution in [1.29, 1.82) is 0 Å². The minimum atomic E-state index is 0.478.